The van der Waals surface area contributed by atoms with Crippen molar-refractivity contribution < 1.29 is 23.4 Å². The molecule has 0 radical (unpaired) electrons. The number of fused-ring (bicyclic) bond motifs is 2. The molecule has 11 nitrogen and oxygen atoms in total. The fourth-order valence-electron chi connectivity index (χ4n) is 5.80. The summed E-state index contributed by atoms with van der Waals surface area (Å²) in [5.41, 5.74) is 1.75. The van der Waals surface area contributed by atoms with Gasteiger partial charge in [0.15, 0.2) is 0 Å². The first-order valence-electron chi connectivity index (χ1n) is 14.7. The number of hydrogen-bond acceptors (Lipinski definition) is 10. The average Bonchev–Trinajstić information content (AvgIpc) is 3.51. The second-order valence-corrected chi connectivity index (χ2v) is 12.3. The number of aromatic nitrogens is 4. The Balaban J connectivity index is 1.28. The summed E-state index contributed by atoms with van der Waals surface area (Å²) in [4.78, 5) is 42.4. The minimum atomic E-state index is -2.46. The maximum atomic E-state index is 13.9. The first kappa shape index (κ1) is 32.2. The Bertz CT molecular complexity index is 2110. The zero-order valence-electron chi connectivity index (χ0n) is 25.3. The molecule has 1 saturated heterocycles. The molecule has 5 aromatic rings. The fraction of sp³-hybridized carbons (Fsp3) is 0.312. The van der Waals surface area contributed by atoms with Crippen molar-refractivity contribution in [3.8, 4) is 22.9 Å². The number of alkyl halides is 2. The molecule has 5 heterocycles. The number of aromatic carboxylic acids is 1. The van der Waals surface area contributed by atoms with E-state index in [0.717, 1.165) is 0 Å². The molecule has 1 atom stereocenters. The highest BCUT2D eigenvalue weighted by molar-refractivity contribution is 7.18. The Morgan fingerprint density at radius 2 is 1.96 bits per heavy atom. The van der Waals surface area contributed by atoms with Gasteiger partial charge in [0.05, 0.1) is 45.5 Å². The van der Waals surface area contributed by atoms with Gasteiger partial charge in [-0.05, 0) is 38.1 Å². The normalized spacial score (nSPS) is 14.5. The topological polar surface area (TPSA) is 137 Å². The van der Waals surface area contributed by atoms with E-state index in [9.17, 15) is 28.7 Å². The van der Waals surface area contributed by atoms with Crippen LogP contribution in [0.3, 0.4) is 0 Å². The van der Waals surface area contributed by atoms with Gasteiger partial charge in [-0.2, -0.15) is 5.26 Å². The van der Waals surface area contributed by atoms with Gasteiger partial charge < -0.3 is 14.7 Å². The molecule has 15 heteroatoms. The lowest BCUT2D eigenvalue weighted by atomic mass is 10.0. The van der Waals surface area contributed by atoms with Crippen molar-refractivity contribution in [1.82, 2.24) is 24.4 Å². The van der Waals surface area contributed by atoms with E-state index in [-0.39, 0.29) is 35.2 Å². The number of pyridine rings is 2. The lowest BCUT2D eigenvalue weighted by Crippen LogP contribution is -2.51. The van der Waals surface area contributed by atoms with E-state index in [1.807, 2.05) is 4.90 Å². The Morgan fingerprint density at radius 3 is 2.66 bits per heavy atom. The number of rotatable bonds is 9. The smallest absolute Gasteiger partial charge is 0.338 e. The van der Waals surface area contributed by atoms with E-state index >= 15 is 0 Å². The van der Waals surface area contributed by atoms with Gasteiger partial charge in [-0.3, -0.25) is 19.2 Å². The molecule has 1 aliphatic heterocycles. The van der Waals surface area contributed by atoms with Crippen LogP contribution < -0.4 is 15.2 Å². The van der Waals surface area contributed by atoms with Crippen LogP contribution in [0.15, 0.2) is 46.8 Å². The number of benzene rings is 1. The monoisotopic (exact) mass is 679 g/mol. The fourth-order valence-corrected chi connectivity index (χ4v) is 7.00. The standard InChI is InChI=1S/C32H28ClF2N7O4S/c1-17(29(34)35)40-7-9-41(10-8-40)30-22(14-36)26-24(15-38-30)39-18(2)42(31(26)43)11-12-46-25-4-3-19(33)13-21(25)20-5-6-37-27-23(32(44)45)16-47-28(20)27/h3-6,13,15-17,29H,7-12H2,1-2H3,(H,44,45). The molecule has 242 valence electrons. The summed E-state index contributed by atoms with van der Waals surface area (Å²) in [6, 6.07) is 8.12. The van der Waals surface area contributed by atoms with Gasteiger partial charge in [0.1, 0.15) is 35.6 Å². The summed E-state index contributed by atoms with van der Waals surface area (Å²) >= 11 is 7.61. The van der Waals surface area contributed by atoms with Crippen molar-refractivity contribution in [3.63, 3.8) is 0 Å². The van der Waals surface area contributed by atoms with Crippen LogP contribution in [-0.2, 0) is 6.54 Å². The van der Waals surface area contributed by atoms with Gasteiger partial charge >= 0.3 is 5.97 Å². The Morgan fingerprint density at radius 1 is 1.19 bits per heavy atom. The Hall–Kier alpha value is -4.71. The molecule has 0 amide bonds. The number of carboxylic acids is 1. The van der Waals surface area contributed by atoms with Crippen molar-refractivity contribution in [2.45, 2.75) is 32.9 Å². The molecule has 0 aliphatic carbocycles. The molecule has 1 unspecified atom stereocenters. The third kappa shape index (κ3) is 6.09. The van der Waals surface area contributed by atoms with Crippen molar-refractivity contribution in [1.29, 1.82) is 5.26 Å². The van der Waals surface area contributed by atoms with E-state index in [1.165, 1.54) is 35.2 Å². The molecule has 47 heavy (non-hydrogen) atoms. The number of anilines is 1. The molecule has 0 saturated carbocycles. The van der Waals surface area contributed by atoms with E-state index in [4.69, 9.17) is 16.3 Å². The highest BCUT2D eigenvalue weighted by atomic mass is 35.5. The van der Waals surface area contributed by atoms with E-state index in [1.54, 1.807) is 41.5 Å². The number of halogens is 3. The average molecular weight is 680 g/mol. The molecular formula is C32H28ClF2N7O4S. The van der Waals surface area contributed by atoms with E-state index in [0.29, 0.717) is 69.9 Å². The van der Waals surface area contributed by atoms with Gasteiger partial charge in [-0.25, -0.2) is 23.5 Å². The molecule has 0 bridgehead atoms. The molecule has 1 N–H and O–H groups in total. The highest BCUT2D eigenvalue weighted by Crippen LogP contribution is 2.39. The van der Waals surface area contributed by atoms with Gasteiger partial charge in [-0.1, -0.05) is 11.6 Å². The van der Waals surface area contributed by atoms with Gasteiger partial charge in [-0.15, -0.1) is 11.3 Å². The summed E-state index contributed by atoms with van der Waals surface area (Å²) in [5, 5.41) is 21.9. The third-order valence-electron chi connectivity index (χ3n) is 8.33. The summed E-state index contributed by atoms with van der Waals surface area (Å²) in [6.45, 7) is 4.83. The highest BCUT2D eigenvalue weighted by Gasteiger charge is 2.29. The zero-order valence-corrected chi connectivity index (χ0v) is 26.9. The molecule has 1 aromatic carbocycles. The lowest BCUT2D eigenvalue weighted by molar-refractivity contribution is 0.0318. The number of ether oxygens (including phenoxy) is 1. The number of hydrogen-bond donors (Lipinski definition) is 1. The summed E-state index contributed by atoms with van der Waals surface area (Å²) in [5.74, 6) is 0.129. The van der Waals surface area contributed by atoms with Crippen LogP contribution in [0.2, 0.25) is 5.02 Å². The largest absolute Gasteiger partial charge is 0.491 e. The van der Waals surface area contributed by atoms with Crippen LogP contribution in [-0.4, -0.2) is 80.7 Å². The lowest BCUT2D eigenvalue weighted by Gasteiger charge is -2.38. The molecular weight excluding hydrogens is 652 g/mol. The Kier molecular flexibility index (Phi) is 9.05. The number of nitriles is 1. The van der Waals surface area contributed by atoms with Gasteiger partial charge in [0.2, 0.25) is 0 Å². The minimum absolute atomic E-state index is 0.0612. The van der Waals surface area contributed by atoms with Gasteiger partial charge in [0.25, 0.3) is 12.0 Å². The number of carboxylic acid groups (broad SMARTS) is 1. The van der Waals surface area contributed by atoms with Crippen molar-refractivity contribution in [2.24, 2.45) is 0 Å². The number of carbonyl (C=O) groups is 1. The SMILES string of the molecule is Cc1nc2cnc(N3CCN(C(C)C(F)F)CC3)c(C#N)c2c(=O)n1CCOc1ccc(Cl)cc1-c1ccnc2c(C(=O)O)csc12. The van der Waals surface area contributed by atoms with E-state index < -0.39 is 24.0 Å². The Labute approximate surface area is 276 Å². The molecule has 6 rings (SSSR count). The van der Waals surface area contributed by atoms with Crippen LogP contribution in [0.25, 0.3) is 32.2 Å². The number of piperazine rings is 1. The number of nitrogens with zero attached hydrogens (tertiary/aromatic N) is 7. The maximum absolute atomic E-state index is 13.9. The number of thiophene rings is 1. The van der Waals surface area contributed by atoms with E-state index in [2.05, 4.69) is 21.0 Å². The van der Waals surface area contributed by atoms with Crippen LogP contribution in [0.1, 0.15) is 28.7 Å². The summed E-state index contributed by atoms with van der Waals surface area (Å²) < 4.78 is 34.7. The van der Waals surface area contributed by atoms with Crippen LogP contribution >= 0.6 is 22.9 Å². The summed E-state index contributed by atoms with van der Waals surface area (Å²) in [6.07, 6.45) is 0.535. The maximum Gasteiger partial charge on any atom is 0.338 e. The van der Waals surface area contributed by atoms with Crippen molar-refractivity contribution in [2.75, 3.05) is 37.7 Å². The van der Waals surface area contributed by atoms with Gasteiger partial charge in [0, 0.05) is 53.9 Å². The quantitative estimate of drug-likeness (QED) is 0.214. The van der Waals surface area contributed by atoms with Crippen LogP contribution in [0.4, 0.5) is 14.6 Å². The second-order valence-electron chi connectivity index (χ2n) is 11.0. The number of aryl methyl sites for hydroxylation is 1. The van der Waals surface area contributed by atoms with Crippen LogP contribution in [0.5, 0.6) is 5.75 Å². The molecule has 0 spiro atoms. The first-order valence-corrected chi connectivity index (χ1v) is 15.9. The van der Waals surface area contributed by atoms with Crippen molar-refractivity contribution >= 4 is 55.8 Å². The summed E-state index contributed by atoms with van der Waals surface area (Å²) in [7, 11) is 0. The molecule has 1 aliphatic rings. The predicted octanol–water partition coefficient (Wildman–Crippen LogP) is 5.45. The first-order chi connectivity index (χ1) is 22.6. The molecule has 4 aromatic heterocycles. The molecule has 1 fully saturated rings. The minimum Gasteiger partial charge on any atom is -0.491 e. The van der Waals surface area contributed by atoms with Crippen molar-refractivity contribution in [3.05, 3.63) is 74.4 Å². The predicted molar refractivity (Wildman–Crippen MR) is 175 cm³/mol. The third-order valence-corrected chi connectivity index (χ3v) is 9.56. The zero-order chi connectivity index (χ0) is 33.4. The van der Waals surface area contributed by atoms with Crippen LogP contribution in [0, 0.1) is 18.3 Å². The second kappa shape index (κ2) is 13.2.